The van der Waals surface area contributed by atoms with Crippen molar-refractivity contribution in [2.24, 2.45) is 0 Å². The van der Waals surface area contributed by atoms with Crippen LogP contribution in [-0.2, 0) is 4.74 Å². The minimum absolute atomic E-state index is 0.874. The van der Waals surface area contributed by atoms with Gasteiger partial charge in [-0.1, -0.05) is 48.7 Å². The third kappa shape index (κ3) is 2.96. The Morgan fingerprint density at radius 2 is 2.00 bits per heavy atom. The van der Waals surface area contributed by atoms with Crippen molar-refractivity contribution < 1.29 is 4.74 Å². The van der Waals surface area contributed by atoms with Crippen molar-refractivity contribution >= 4 is 16.7 Å². The highest BCUT2D eigenvalue weighted by molar-refractivity contribution is 8.11. The van der Waals surface area contributed by atoms with E-state index in [-0.39, 0.29) is 0 Å². The normalized spacial score (nSPS) is 11.1. The molecule has 0 unspecified atom stereocenters. The topological polar surface area (TPSA) is 9.23 Å². The minimum Gasteiger partial charge on any atom is -0.491 e. The maximum atomic E-state index is 5.15. The first-order chi connectivity index (χ1) is 6.77. The number of rotatable bonds is 4. The molecule has 0 N–H and O–H groups in total. The molecule has 0 radical (unpaired) electrons. The maximum absolute atomic E-state index is 5.15. The smallest absolute Gasteiger partial charge is 0.153 e. The second kappa shape index (κ2) is 5.55. The monoisotopic (exact) mass is 206 g/mol. The van der Waals surface area contributed by atoms with Gasteiger partial charge in [0.05, 0.1) is 7.11 Å². The minimum atomic E-state index is 0.874. The third-order valence-electron chi connectivity index (χ3n) is 1.76. The van der Waals surface area contributed by atoms with E-state index in [2.05, 4.69) is 6.58 Å². The van der Waals surface area contributed by atoms with E-state index in [4.69, 9.17) is 4.74 Å². The lowest BCUT2D eigenvalue weighted by Gasteiger charge is -2.07. The summed E-state index contributed by atoms with van der Waals surface area (Å²) in [6, 6.07) is 10.1. The lowest BCUT2D eigenvalue weighted by molar-refractivity contribution is 0.324. The van der Waals surface area contributed by atoms with Gasteiger partial charge in [0.25, 0.3) is 0 Å². The Morgan fingerprint density at radius 3 is 2.50 bits per heavy atom. The molecule has 0 saturated carbocycles. The molecule has 1 aromatic rings. The van der Waals surface area contributed by atoms with Crippen LogP contribution in [0.25, 0.3) is 4.91 Å². The second-order valence-corrected chi connectivity index (χ2v) is 3.80. The Hall–Kier alpha value is -1.15. The second-order valence-electron chi connectivity index (χ2n) is 2.70. The van der Waals surface area contributed by atoms with Crippen LogP contribution in [0.4, 0.5) is 0 Å². The van der Waals surface area contributed by atoms with Gasteiger partial charge >= 0.3 is 0 Å². The molecular formula is C12H14OS. The van der Waals surface area contributed by atoms with E-state index >= 15 is 0 Å². The van der Waals surface area contributed by atoms with Crippen molar-refractivity contribution in [3.05, 3.63) is 53.6 Å². The lowest BCUT2D eigenvalue weighted by Crippen LogP contribution is -1.82. The third-order valence-corrected chi connectivity index (χ3v) is 2.84. The summed E-state index contributed by atoms with van der Waals surface area (Å²) < 4.78 is 5.15. The number of methoxy groups -OCH3 is 1. The first kappa shape index (κ1) is 10.9. The lowest BCUT2D eigenvalue weighted by atomic mass is 10.2. The first-order valence-corrected chi connectivity index (χ1v) is 5.22. The van der Waals surface area contributed by atoms with Gasteiger partial charge in [-0.2, -0.15) is 0 Å². The van der Waals surface area contributed by atoms with Crippen molar-refractivity contribution in [3.63, 3.8) is 0 Å². The molecule has 74 valence electrons. The van der Waals surface area contributed by atoms with Crippen LogP contribution in [0, 0.1) is 0 Å². The molecule has 0 amide bonds. The van der Waals surface area contributed by atoms with E-state index in [0.717, 1.165) is 15.6 Å². The highest BCUT2D eigenvalue weighted by Crippen LogP contribution is 2.31. The van der Waals surface area contributed by atoms with Gasteiger partial charge < -0.3 is 4.74 Å². The quantitative estimate of drug-likeness (QED) is 0.691. The fraction of sp³-hybridized carbons (Fsp3) is 0.167. The highest BCUT2D eigenvalue weighted by atomic mass is 32.2. The molecule has 0 atom stereocenters. The molecule has 1 rings (SSSR count). The molecule has 0 bridgehead atoms. The molecule has 14 heavy (non-hydrogen) atoms. The fourth-order valence-electron chi connectivity index (χ4n) is 1.02. The molecule has 0 saturated heterocycles. The van der Waals surface area contributed by atoms with Crippen molar-refractivity contribution in [1.29, 1.82) is 0 Å². The molecule has 0 aromatic heterocycles. The Bertz CT molecular complexity index is 327. The van der Waals surface area contributed by atoms with Crippen LogP contribution in [0.1, 0.15) is 12.5 Å². The summed E-state index contributed by atoms with van der Waals surface area (Å²) in [5.74, 6) is 0. The van der Waals surface area contributed by atoms with Gasteiger partial charge in [0, 0.05) is 4.91 Å². The van der Waals surface area contributed by atoms with Crippen molar-refractivity contribution in [3.8, 4) is 0 Å². The van der Waals surface area contributed by atoms with E-state index in [1.807, 2.05) is 43.3 Å². The maximum Gasteiger partial charge on any atom is 0.153 e. The average Bonchev–Trinajstić information content (AvgIpc) is 2.26. The number of hydrogen-bond acceptors (Lipinski definition) is 2. The summed E-state index contributed by atoms with van der Waals surface area (Å²) in [6.07, 6.45) is 1.93. The summed E-state index contributed by atoms with van der Waals surface area (Å²) in [5, 5.41) is 0.874. The standard InChI is InChI=1S/C12H14OS/c1-4-12(13-3)14-10(2)11-8-6-5-7-9-11/h4-9H,2H2,1,3H3/b12-4-. The van der Waals surface area contributed by atoms with Crippen molar-refractivity contribution in [2.45, 2.75) is 6.92 Å². The van der Waals surface area contributed by atoms with Crippen molar-refractivity contribution in [1.82, 2.24) is 0 Å². The number of allylic oxidation sites excluding steroid dienone is 1. The SMILES string of the molecule is C=C(S/C(=C\C)OC)c1ccccc1. The highest BCUT2D eigenvalue weighted by Gasteiger charge is 2.02. The first-order valence-electron chi connectivity index (χ1n) is 4.40. The number of thioether (sulfide) groups is 1. The Morgan fingerprint density at radius 1 is 1.36 bits per heavy atom. The number of hydrogen-bond donors (Lipinski definition) is 0. The Balaban J connectivity index is 2.68. The Labute approximate surface area is 89.5 Å². The van der Waals surface area contributed by atoms with Gasteiger partial charge in [-0.05, 0) is 18.6 Å². The van der Waals surface area contributed by atoms with Crippen LogP contribution in [0.3, 0.4) is 0 Å². The van der Waals surface area contributed by atoms with Gasteiger partial charge in [0.2, 0.25) is 0 Å². The summed E-state index contributed by atoms with van der Waals surface area (Å²) in [5.41, 5.74) is 1.13. The van der Waals surface area contributed by atoms with E-state index in [9.17, 15) is 0 Å². The molecule has 0 aliphatic heterocycles. The van der Waals surface area contributed by atoms with Crippen LogP contribution >= 0.6 is 11.8 Å². The average molecular weight is 206 g/mol. The molecule has 0 fully saturated rings. The molecule has 2 heteroatoms. The zero-order valence-corrected chi connectivity index (χ0v) is 9.30. The van der Waals surface area contributed by atoms with Crippen LogP contribution in [-0.4, -0.2) is 7.11 Å². The van der Waals surface area contributed by atoms with Gasteiger partial charge in [-0.3, -0.25) is 0 Å². The van der Waals surface area contributed by atoms with Crippen LogP contribution < -0.4 is 0 Å². The van der Waals surface area contributed by atoms with E-state index in [1.165, 1.54) is 0 Å². The van der Waals surface area contributed by atoms with Gasteiger partial charge in [-0.25, -0.2) is 0 Å². The van der Waals surface area contributed by atoms with Gasteiger partial charge in [0.1, 0.15) is 0 Å². The molecule has 1 aromatic carbocycles. The zero-order valence-electron chi connectivity index (χ0n) is 8.49. The molecular weight excluding hydrogens is 192 g/mol. The van der Waals surface area contributed by atoms with Crippen LogP contribution in [0.15, 0.2) is 48.1 Å². The molecule has 0 spiro atoms. The summed E-state index contributed by atoms with van der Waals surface area (Å²) in [7, 11) is 1.67. The van der Waals surface area contributed by atoms with Crippen LogP contribution in [0.2, 0.25) is 0 Å². The molecule has 0 aliphatic carbocycles. The van der Waals surface area contributed by atoms with Gasteiger partial charge in [-0.15, -0.1) is 0 Å². The molecule has 0 heterocycles. The zero-order chi connectivity index (χ0) is 10.4. The van der Waals surface area contributed by atoms with Gasteiger partial charge in [0.15, 0.2) is 5.09 Å². The largest absolute Gasteiger partial charge is 0.491 e. The predicted octanol–water partition coefficient (Wildman–Crippen LogP) is 3.90. The molecule has 0 aliphatic rings. The number of benzene rings is 1. The molecule has 1 nitrogen and oxygen atoms in total. The summed E-state index contributed by atoms with van der Waals surface area (Å²) in [4.78, 5) is 1.00. The van der Waals surface area contributed by atoms with Crippen molar-refractivity contribution in [2.75, 3.05) is 7.11 Å². The fourth-order valence-corrected chi connectivity index (χ4v) is 1.72. The van der Waals surface area contributed by atoms with Crippen LogP contribution in [0.5, 0.6) is 0 Å². The predicted molar refractivity (Wildman–Crippen MR) is 63.8 cm³/mol. The van der Waals surface area contributed by atoms with E-state index in [0.29, 0.717) is 0 Å². The summed E-state index contributed by atoms with van der Waals surface area (Å²) >= 11 is 1.54. The number of ether oxygens (including phenoxy) is 1. The Kier molecular flexibility index (Phi) is 4.33. The van der Waals surface area contributed by atoms with E-state index < -0.39 is 0 Å². The summed E-state index contributed by atoms with van der Waals surface area (Å²) in [6.45, 7) is 5.95. The van der Waals surface area contributed by atoms with E-state index in [1.54, 1.807) is 18.9 Å².